The van der Waals surface area contributed by atoms with Gasteiger partial charge in [0.05, 0.1) is 6.26 Å². The van der Waals surface area contributed by atoms with Crippen LogP contribution in [0.1, 0.15) is 37.9 Å². The van der Waals surface area contributed by atoms with Crippen LogP contribution in [0.15, 0.2) is 22.8 Å². The van der Waals surface area contributed by atoms with Crippen LogP contribution < -0.4 is 5.32 Å². The van der Waals surface area contributed by atoms with E-state index in [0.29, 0.717) is 18.3 Å². The summed E-state index contributed by atoms with van der Waals surface area (Å²) in [4.78, 5) is 11.8. The topological polar surface area (TPSA) is 42.2 Å². The fraction of sp³-hybridized carbons (Fsp3) is 0.643. The van der Waals surface area contributed by atoms with Crippen molar-refractivity contribution in [2.75, 3.05) is 11.9 Å². The van der Waals surface area contributed by atoms with E-state index in [1.54, 1.807) is 6.26 Å². The molecule has 0 saturated heterocycles. The zero-order valence-electron chi connectivity index (χ0n) is 10.6. The Morgan fingerprint density at radius 2 is 2.22 bits per heavy atom. The summed E-state index contributed by atoms with van der Waals surface area (Å²) in [6, 6.07) is 3.76. The van der Waals surface area contributed by atoms with Crippen LogP contribution in [0.4, 0.5) is 0 Å². The van der Waals surface area contributed by atoms with Crippen molar-refractivity contribution in [3.8, 4) is 0 Å². The molecule has 3 nitrogen and oxygen atoms in total. The molecule has 4 heteroatoms. The monoisotopic (exact) mass is 313 g/mol. The van der Waals surface area contributed by atoms with Crippen LogP contribution in [0.5, 0.6) is 0 Å². The molecule has 1 aromatic heterocycles. The van der Waals surface area contributed by atoms with Crippen molar-refractivity contribution in [1.29, 1.82) is 0 Å². The molecular weight excluding hydrogens is 294 g/mol. The molecule has 0 atom stereocenters. The van der Waals surface area contributed by atoms with Gasteiger partial charge in [-0.25, -0.2) is 0 Å². The molecule has 1 aromatic rings. The molecule has 0 aliphatic heterocycles. The maximum atomic E-state index is 11.8. The van der Waals surface area contributed by atoms with Crippen LogP contribution in [0.25, 0.3) is 0 Å². The smallest absolute Gasteiger partial charge is 0.220 e. The van der Waals surface area contributed by atoms with Gasteiger partial charge in [0.15, 0.2) is 0 Å². The number of carbonyl (C=O) groups is 1. The average molecular weight is 314 g/mol. The van der Waals surface area contributed by atoms with Gasteiger partial charge in [-0.05, 0) is 30.4 Å². The maximum absolute atomic E-state index is 11.8. The first-order valence-corrected chi connectivity index (χ1v) is 7.71. The van der Waals surface area contributed by atoms with Crippen molar-refractivity contribution >= 4 is 21.8 Å². The van der Waals surface area contributed by atoms with Crippen molar-refractivity contribution < 1.29 is 9.21 Å². The Hall–Kier alpha value is -0.770. The summed E-state index contributed by atoms with van der Waals surface area (Å²) in [6.07, 6.45) is 7.84. The summed E-state index contributed by atoms with van der Waals surface area (Å²) < 4.78 is 5.22. The molecular formula is C14H20BrNO2. The maximum Gasteiger partial charge on any atom is 0.220 e. The van der Waals surface area contributed by atoms with Crippen LogP contribution in [0, 0.1) is 5.41 Å². The highest BCUT2D eigenvalue weighted by atomic mass is 79.9. The number of halogens is 1. The van der Waals surface area contributed by atoms with E-state index in [4.69, 9.17) is 4.42 Å². The van der Waals surface area contributed by atoms with Gasteiger partial charge in [-0.2, -0.15) is 0 Å². The summed E-state index contributed by atoms with van der Waals surface area (Å²) in [5, 5.41) is 4.05. The SMILES string of the molecule is O=C(CCc1ccco1)NCC1(CBr)CCCC1. The molecule has 1 N–H and O–H groups in total. The average Bonchev–Trinajstić information content (AvgIpc) is 3.06. The predicted octanol–water partition coefficient (Wildman–Crippen LogP) is 3.28. The van der Waals surface area contributed by atoms with Gasteiger partial charge >= 0.3 is 0 Å². The second-order valence-corrected chi connectivity index (χ2v) is 5.76. The highest BCUT2D eigenvalue weighted by Gasteiger charge is 2.32. The van der Waals surface area contributed by atoms with E-state index in [0.717, 1.165) is 17.6 Å². The van der Waals surface area contributed by atoms with Gasteiger partial charge in [0.1, 0.15) is 5.76 Å². The Labute approximate surface area is 116 Å². The molecule has 0 spiro atoms. The van der Waals surface area contributed by atoms with E-state index in [9.17, 15) is 4.79 Å². The van der Waals surface area contributed by atoms with Crippen LogP contribution in [0.3, 0.4) is 0 Å². The molecule has 0 aromatic carbocycles. The molecule has 1 aliphatic carbocycles. The Kier molecular flexibility index (Phi) is 4.87. The lowest BCUT2D eigenvalue weighted by Crippen LogP contribution is -2.37. The van der Waals surface area contributed by atoms with Crippen molar-refractivity contribution in [2.24, 2.45) is 5.41 Å². The Morgan fingerprint density at radius 3 is 2.83 bits per heavy atom. The zero-order valence-corrected chi connectivity index (χ0v) is 12.2. The summed E-state index contributed by atoms with van der Waals surface area (Å²) in [5.74, 6) is 1.000. The first kappa shape index (κ1) is 13.7. The molecule has 0 unspecified atom stereocenters. The van der Waals surface area contributed by atoms with Gasteiger partial charge in [-0.3, -0.25) is 4.79 Å². The highest BCUT2D eigenvalue weighted by molar-refractivity contribution is 9.09. The Balaban J connectivity index is 1.71. The number of hydrogen-bond donors (Lipinski definition) is 1. The van der Waals surface area contributed by atoms with E-state index >= 15 is 0 Å². The normalized spacial score (nSPS) is 17.8. The number of carbonyl (C=O) groups excluding carboxylic acids is 1. The molecule has 1 aliphatic rings. The van der Waals surface area contributed by atoms with Gasteiger partial charge in [0, 0.05) is 24.7 Å². The lowest BCUT2D eigenvalue weighted by Gasteiger charge is -2.26. The molecule has 1 fully saturated rings. The quantitative estimate of drug-likeness (QED) is 0.819. The molecule has 18 heavy (non-hydrogen) atoms. The lowest BCUT2D eigenvalue weighted by atomic mass is 9.89. The number of aryl methyl sites for hydroxylation is 1. The van der Waals surface area contributed by atoms with Crippen molar-refractivity contribution in [3.63, 3.8) is 0 Å². The third kappa shape index (κ3) is 3.61. The molecule has 1 saturated carbocycles. The first-order chi connectivity index (χ1) is 8.74. The summed E-state index contributed by atoms with van der Waals surface area (Å²) in [7, 11) is 0. The van der Waals surface area contributed by atoms with Gasteiger partial charge in [0.2, 0.25) is 5.91 Å². The van der Waals surface area contributed by atoms with Crippen molar-refractivity contribution in [3.05, 3.63) is 24.2 Å². The number of amides is 1. The number of alkyl halides is 1. The molecule has 1 heterocycles. The standard InChI is InChI=1S/C14H20BrNO2/c15-10-14(7-1-2-8-14)11-16-13(17)6-5-12-4-3-9-18-12/h3-4,9H,1-2,5-8,10-11H2,(H,16,17). The van der Waals surface area contributed by atoms with Crippen LogP contribution in [-0.4, -0.2) is 17.8 Å². The second kappa shape index (κ2) is 6.41. The minimum atomic E-state index is 0.124. The van der Waals surface area contributed by atoms with Crippen LogP contribution in [-0.2, 0) is 11.2 Å². The van der Waals surface area contributed by atoms with Gasteiger partial charge < -0.3 is 9.73 Å². The highest BCUT2D eigenvalue weighted by Crippen LogP contribution is 2.38. The number of furan rings is 1. The lowest BCUT2D eigenvalue weighted by molar-refractivity contribution is -0.121. The molecule has 0 radical (unpaired) electrons. The van der Waals surface area contributed by atoms with E-state index in [-0.39, 0.29) is 5.91 Å². The minimum absolute atomic E-state index is 0.124. The molecule has 1 amide bonds. The van der Waals surface area contributed by atoms with Gasteiger partial charge in [-0.1, -0.05) is 28.8 Å². The van der Waals surface area contributed by atoms with Crippen LogP contribution in [0.2, 0.25) is 0 Å². The molecule has 100 valence electrons. The van der Waals surface area contributed by atoms with Crippen molar-refractivity contribution in [2.45, 2.75) is 38.5 Å². The predicted molar refractivity (Wildman–Crippen MR) is 74.7 cm³/mol. The van der Waals surface area contributed by atoms with Crippen molar-refractivity contribution in [1.82, 2.24) is 5.32 Å². The zero-order chi connectivity index (χ0) is 12.8. The van der Waals surface area contributed by atoms with E-state index in [2.05, 4.69) is 21.2 Å². The third-order valence-corrected chi connectivity index (χ3v) is 4.98. The van der Waals surface area contributed by atoms with E-state index in [1.807, 2.05) is 12.1 Å². The summed E-state index contributed by atoms with van der Waals surface area (Å²) in [6.45, 7) is 0.801. The fourth-order valence-corrected chi connectivity index (χ4v) is 3.31. The first-order valence-electron chi connectivity index (χ1n) is 6.59. The fourth-order valence-electron chi connectivity index (χ4n) is 2.55. The van der Waals surface area contributed by atoms with E-state index < -0.39 is 0 Å². The number of rotatable bonds is 6. The van der Waals surface area contributed by atoms with Crippen LogP contribution >= 0.6 is 15.9 Å². The van der Waals surface area contributed by atoms with Gasteiger partial charge in [0.25, 0.3) is 0 Å². The summed E-state index contributed by atoms with van der Waals surface area (Å²) in [5.41, 5.74) is 0.292. The molecule has 2 rings (SSSR count). The number of hydrogen-bond acceptors (Lipinski definition) is 2. The largest absolute Gasteiger partial charge is 0.469 e. The second-order valence-electron chi connectivity index (χ2n) is 5.20. The minimum Gasteiger partial charge on any atom is -0.469 e. The third-order valence-electron chi connectivity index (χ3n) is 3.79. The van der Waals surface area contributed by atoms with E-state index in [1.165, 1.54) is 25.7 Å². The Morgan fingerprint density at radius 1 is 1.44 bits per heavy atom. The summed E-state index contributed by atoms with van der Waals surface area (Å²) >= 11 is 3.59. The Bertz CT molecular complexity index is 369. The molecule has 0 bridgehead atoms. The van der Waals surface area contributed by atoms with Gasteiger partial charge in [-0.15, -0.1) is 0 Å². The number of nitrogens with one attached hydrogen (secondary N) is 1.